The molecule has 0 atom stereocenters. The number of nitrogens with one attached hydrogen (secondary N) is 3. The molecule has 0 aromatic carbocycles. The third-order valence-electron chi connectivity index (χ3n) is 2.09. The summed E-state index contributed by atoms with van der Waals surface area (Å²) in [5, 5.41) is 2.80. The standard InChI is InChI=1S/C10H11BrN4O/c11-7-5-8(15-6-7)10(16)14-2-1-9-12-3-4-13-9/h3-6,15H,1-2H2,(H,12,13)(H,14,16). The first-order valence-electron chi connectivity index (χ1n) is 4.86. The molecule has 0 saturated carbocycles. The summed E-state index contributed by atoms with van der Waals surface area (Å²) < 4.78 is 0.865. The van der Waals surface area contributed by atoms with Gasteiger partial charge < -0.3 is 15.3 Å². The van der Waals surface area contributed by atoms with E-state index in [9.17, 15) is 4.79 Å². The molecular weight excluding hydrogens is 272 g/mol. The molecule has 6 heteroatoms. The number of carbonyl (C=O) groups is 1. The van der Waals surface area contributed by atoms with E-state index in [-0.39, 0.29) is 5.91 Å². The molecular formula is C10H11BrN4O. The largest absolute Gasteiger partial charge is 0.356 e. The third kappa shape index (κ3) is 2.73. The second kappa shape index (κ2) is 4.98. The van der Waals surface area contributed by atoms with E-state index >= 15 is 0 Å². The van der Waals surface area contributed by atoms with Gasteiger partial charge in [0.2, 0.25) is 0 Å². The Labute approximate surface area is 101 Å². The number of aromatic nitrogens is 3. The lowest BCUT2D eigenvalue weighted by Crippen LogP contribution is -2.26. The van der Waals surface area contributed by atoms with Crippen molar-refractivity contribution < 1.29 is 4.79 Å². The van der Waals surface area contributed by atoms with Gasteiger partial charge in [-0.1, -0.05) is 0 Å². The normalized spacial score (nSPS) is 10.3. The lowest BCUT2D eigenvalue weighted by atomic mass is 10.3. The van der Waals surface area contributed by atoms with Gasteiger partial charge in [0.1, 0.15) is 11.5 Å². The number of hydrogen-bond acceptors (Lipinski definition) is 2. The van der Waals surface area contributed by atoms with Crippen LogP contribution in [0.5, 0.6) is 0 Å². The molecule has 0 fully saturated rings. The maximum atomic E-state index is 11.6. The SMILES string of the molecule is O=C(NCCc1ncc[nH]1)c1cc(Br)c[nH]1. The first-order chi connectivity index (χ1) is 7.75. The molecule has 84 valence electrons. The van der Waals surface area contributed by atoms with Gasteiger partial charge in [0.15, 0.2) is 0 Å². The number of rotatable bonds is 4. The van der Waals surface area contributed by atoms with Crippen molar-refractivity contribution in [3.63, 3.8) is 0 Å². The van der Waals surface area contributed by atoms with Crippen molar-refractivity contribution in [2.24, 2.45) is 0 Å². The Hall–Kier alpha value is -1.56. The number of amides is 1. The van der Waals surface area contributed by atoms with Gasteiger partial charge in [-0.25, -0.2) is 4.98 Å². The topological polar surface area (TPSA) is 73.6 Å². The van der Waals surface area contributed by atoms with E-state index in [2.05, 4.69) is 36.2 Å². The van der Waals surface area contributed by atoms with Crippen LogP contribution in [0.3, 0.4) is 0 Å². The molecule has 0 saturated heterocycles. The van der Waals surface area contributed by atoms with Crippen molar-refractivity contribution in [3.8, 4) is 0 Å². The summed E-state index contributed by atoms with van der Waals surface area (Å²) in [5.74, 6) is 0.755. The number of carbonyl (C=O) groups excluding carboxylic acids is 1. The van der Waals surface area contributed by atoms with Crippen LogP contribution in [0.4, 0.5) is 0 Å². The molecule has 0 aliphatic rings. The van der Waals surface area contributed by atoms with Crippen LogP contribution in [-0.2, 0) is 6.42 Å². The molecule has 2 rings (SSSR count). The Morgan fingerprint density at radius 1 is 1.50 bits per heavy atom. The van der Waals surface area contributed by atoms with Gasteiger partial charge in [-0.15, -0.1) is 0 Å². The van der Waals surface area contributed by atoms with Crippen LogP contribution >= 0.6 is 15.9 Å². The number of nitrogens with zero attached hydrogens (tertiary/aromatic N) is 1. The molecule has 0 aliphatic heterocycles. The second-order valence-corrected chi connectivity index (χ2v) is 4.19. The average Bonchev–Trinajstić information content (AvgIpc) is 2.89. The van der Waals surface area contributed by atoms with Crippen molar-refractivity contribution in [1.82, 2.24) is 20.3 Å². The van der Waals surface area contributed by atoms with E-state index in [4.69, 9.17) is 0 Å². The Kier molecular flexibility index (Phi) is 3.40. The fraction of sp³-hybridized carbons (Fsp3) is 0.200. The van der Waals surface area contributed by atoms with Gasteiger partial charge in [0, 0.05) is 36.0 Å². The number of imidazole rings is 1. The molecule has 1 amide bonds. The quantitative estimate of drug-likeness (QED) is 0.795. The van der Waals surface area contributed by atoms with Gasteiger partial charge in [0.25, 0.3) is 5.91 Å². The zero-order chi connectivity index (χ0) is 11.4. The minimum Gasteiger partial charge on any atom is -0.356 e. The van der Waals surface area contributed by atoms with E-state index in [1.807, 2.05) is 0 Å². The summed E-state index contributed by atoms with van der Waals surface area (Å²) in [7, 11) is 0. The molecule has 2 aromatic rings. The first-order valence-corrected chi connectivity index (χ1v) is 5.65. The molecule has 0 spiro atoms. The highest BCUT2D eigenvalue weighted by molar-refractivity contribution is 9.10. The van der Waals surface area contributed by atoms with Crippen molar-refractivity contribution in [1.29, 1.82) is 0 Å². The molecule has 3 N–H and O–H groups in total. The highest BCUT2D eigenvalue weighted by Gasteiger charge is 2.06. The maximum Gasteiger partial charge on any atom is 0.267 e. The number of aromatic amines is 2. The highest BCUT2D eigenvalue weighted by Crippen LogP contribution is 2.10. The fourth-order valence-corrected chi connectivity index (χ4v) is 1.67. The van der Waals surface area contributed by atoms with Crippen LogP contribution in [-0.4, -0.2) is 27.4 Å². The van der Waals surface area contributed by atoms with Gasteiger partial charge in [-0.05, 0) is 22.0 Å². The predicted octanol–water partition coefficient (Wildman–Crippen LogP) is 1.47. The second-order valence-electron chi connectivity index (χ2n) is 3.27. The van der Waals surface area contributed by atoms with Crippen LogP contribution < -0.4 is 5.32 Å². The van der Waals surface area contributed by atoms with E-state index in [1.54, 1.807) is 24.7 Å². The van der Waals surface area contributed by atoms with Gasteiger partial charge in [-0.3, -0.25) is 4.79 Å². The zero-order valence-electron chi connectivity index (χ0n) is 8.46. The van der Waals surface area contributed by atoms with Gasteiger partial charge >= 0.3 is 0 Å². The van der Waals surface area contributed by atoms with Crippen LogP contribution in [0.1, 0.15) is 16.3 Å². The Bertz CT molecular complexity index is 463. The number of H-pyrrole nitrogens is 2. The van der Waals surface area contributed by atoms with E-state index in [0.29, 0.717) is 18.7 Å². The first kappa shape index (κ1) is 10.9. The van der Waals surface area contributed by atoms with Crippen LogP contribution in [0.15, 0.2) is 29.1 Å². The fourth-order valence-electron chi connectivity index (χ4n) is 1.32. The monoisotopic (exact) mass is 282 g/mol. The van der Waals surface area contributed by atoms with Gasteiger partial charge in [0.05, 0.1) is 0 Å². The molecule has 0 radical (unpaired) electrons. The summed E-state index contributed by atoms with van der Waals surface area (Å²) in [4.78, 5) is 21.5. The summed E-state index contributed by atoms with van der Waals surface area (Å²) in [6.45, 7) is 0.559. The van der Waals surface area contributed by atoms with Crippen molar-refractivity contribution in [2.45, 2.75) is 6.42 Å². The minimum absolute atomic E-state index is 0.114. The third-order valence-corrected chi connectivity index (χ3v) is 2.55. The summed E-state index contributed by atoms with van der Waals surface area (Å²) in [5.41, 5.74) is 0.548. The average molecular weight is 283 g/mol. The Balaban J connectivity index is 1.80. The Morgan fingerprint density at radius 3 is 3.00 bits per heavy atom. The molecule has 2 aromatic heterocycles. The van der Waals surface area contributed by atoms with Crippen LogP contribution in [0.25, 0.3) is 0 Å². The van der Waals surface area contributed by atoms with E-state index in [0.717, 1.165) is 10.3 Å². The van der Waals surface area contributed by atoms with Crippen molar-refractivity contribution in [3.05, 3.63) is 40.6 Å². The van der Waals surface area contributed by atoms with Crippen molar-refractivity contribution in [2.75, 3.05) is 6.54 Å². The molecule has 5 nitrogen and oxygen atoms in total. The lowest BCUT2D eigenvalue weighted by Gasteiger charge is -2.01. The number of halogens is 1. The van der Waals surface area contributed by atoms with Crippen LogP contribution in [0, 0.1) is 0 Å². The maximum absolute atomic E-state index is 11.6. The summed E-state index contributed by atoms with van der Waals surface area (Å²) >= 11 is 3.27. The zero-order valence-corrected chi connectivity index (χ0v) is 10.0. The predicted molar refractivity (Wildman–Crippen MR) is 63.1 cm³/mol. The lowest BCUT2D eigenvalue weighted by molar-refractivity contribution is 0.0949. The van der Waals surface area contributed by atoms with E-state index < -0.39 is 0 Å². The molecule has 0 aliphatic carbocycles. The summed E-state index contributed by atoms with van der Waals surface area (Å²) in [6.07, 6.45) is 5.88. The molecule has 2 heterocycles. The van der Waals surface area contributed by atoms with E-state index in [1.165, 1.54) is 0 Å². The Morgan fingerprint density at radius 2 is 2.38 bits per heavy atom. The van der Waals surface area contributed by atoms with Crippen LogP contribution in [0.2, 0.25) is 0 Å². The summed E-state index contributed by atoms with van der Waals surface area (Å²) in [6, 6.07) is 1.74. The molecule has 16 heavy (non-hydrogen) atoms. The molecule has 0 bridgehead atoms. The minimum atomic E-state index is -0.114. The highest BCUT2D eigenvalue weighted by atomic mass is 79.9. The molecule has 0 unspecified atom stereocenters. The number of hydrogen-bond donors (Lipinski definition) is 3. The van der Waals surface area contributed by atoms with Crippen molar-refractivity contribution >= 4 is 21.8 Å². The van der Waals surface area contributed by atoms with Gasteiger partial charge in [-0.2, -0.15) is 0 Å². The smallest absolute Gasteiger partial charge is 0.267 e.